The number of rotatable bonds is 8. The first-order valence-electron chi connectivity index (χ1n) is 10.1. The van der Waals surface area contributed by atoms with Crippen molar-refractivity contribution in [3.8, 4) is 22.8 Å². The number of sulfonamides is 1. The predicted molar refractivity (Wildman–Crippen MR) is 124 cm³/mol. The first kappa shape index (κ1) is 22.4. The molecule has 3 aromatic heterocycles. The Morgan fingerprint density at radius 3 is 2.52 bits per heavy atom. The van der Waals surface area contributed by atoms with Crippen LogP contribution in [0.15, 0.2) is 41.8 Å². The van der Waals surface area contributed by atoms with E-state index >= 15 is 0 Å². The fourth-order valence-corrected chi connectivity index (χ4v) is 4.56. The number of nitrogens with zero attached hydrogens (tertiary/aromatic N) is 5. The molecule has 174 valence electrons. The van der Waals surface area contributed by atoms with E-state index in [-0.39, 0.29) is 16.3 Å². The topological polar surface area (TPSA) is 125 Å². The third kappa shape index (κ3) is 4.04. The van der Waals surface area contributed by atoms with E-state index in [4.69, 9.17) is 9.47 Å². The summed E-state index contributed by atoms with van der Waals surface area (Å²) in [5, 5.41) is 7.02. The van der Waals surface area contributed by atoms with E-state index in [2.05, 4.69) is 25.1 Å². The van der Waals surface area contributed by atoms with E-state index in [1.807, 2.05) is 17.5 Å². The van der Waals surface area contributed by atoms with Gasteiger partial charge in [-0.15, -0.1) is 0 Å². The zero-order valence-electron chi connectivity index (χ0n) is 18.9. The molecule has 0 fully saturated rings. The van der Waals surface area contributed by atoms with E-state index in [1.54, 1.807) is 32.4 Å². The number of methoxy groups -OCH3 is 2. The van der Waals surface area contributed by atoms with Crippen LogP contribution >= 0.6 is 0 Å². The maximum absolute atomic E-state index is 13.0. The molecule has 0 aliphatic carbocycles. The third-order valence-electron chi connectivity index (χ3n) is 5.15. The van der Waals surface area contributed by atoms with Crippen molar-refractivity contribution in [3.05, 3.63) is 42.6 Å². The second-order valence-corrected chi connectivity index (χ2v) is 8.92. The van der Waals surface area contributed by atoms with Crippen molar-refractivity contribution < 1.29 is 17.9 Å². The summed E-state index contributed by atoms with van der Waals surface area (Å²) in [7, 11) is 2.47. The van der Waals surface area contributed by atoms with Gasteiger partial charge in [-0.1, -0.05) is 6.92 Å². The SMILES string of the molecule is CCc1cn2c(-c3cc(NS(=O)(=O)c4cnn(C)c4)c(OC)c(OC)c3)cnc2c(NC)n1. The number of hydrogen-bond acceptors (Lipinski definition) is 8. The van der Waals surface area contributed by atoms with Crippen molar-refractivity contribution in [2.24, 2.45) is 7.05 Å². The second kappa shape index (κ2) is 8.62. The Bertz CT molecular complexity index is 1430. The quantitative estimate of drug-likeness (QED) is 0.402. The number of anilines is 2. The highest BCUT2D eigenvalue weighted by Crippen LogP contribution is 2.41. The van der Waals surface area contributed by atoms with Crippen molar-refractivity contribution in [1.29, 1.82) is 0 Å². The van der Waals surface area contributed by atoms with E-state index in [1.165, 1.54) is 31.3 Å². The molecule has 0 bridgehead atoms. The largest absolute Gasteiger partial charge is 0.493 e. The Balaban J connectivity index is 1.89. The second-order valence-electron chi connectivity index (χ2n) is 7.24. The Hall–Kier alpha value is -3.80. The van der Waals surface area contributed by atoms with Crippen LogP contribution < -0.4 is 19.5 Å². The molecule has 0 saturated heterocycles. The van der Waals surface area contributed by atoms with Gasteiger partial charge >= 0.3 is 0 Å². The van der Waals surface area contributed by atoms with Crippen molar-refractivity contribution in [2.75, 3.05) is 31.3 Å². The molecule has 1 aromatic carbocycles. The summed E-state index contributed by atoms with van der Waals surface area (Å²) in [6.45, 7) is 2.02. The van der Waals surface area contributed by atoms with Gasteiger partial charge in [-0.3, -0.25) is 13.8 Å². The molecular formula is C21H25N7O4S. The molecule has 0 radical (unpaired) electrons. The van der Waals surface area contributed by atoms with Gasteiger partial charge in [-0.25, -0.2) is 18.4 Å². The van der Waals surface area contributed by atoms with Gasteiger partial charge in [0, 0.05) is 32.1 Å². The Morgan fingerprint density at radius 1 is 1.12 bits per heavy atom. The fraction of sp³-hybridized carbons (Fsp3) is 0.286. The standard InChI is InChI=1S/C21H25N7O4S/c1-6-14-11-28-17(10-23-21(28)20(22-2)25-14)13-7-16(19(32-5)18(8-13)31-4)26-33(29,30)15-9-24-27(3)12-15/h7-12,26H,6H2,1-5H3,(H,22,25). The molecule has 11 nitrogen and oxygen atoms in total. The van der Waals surface area contributed by atoms with Crippen LogP contribution in [0, 0.1) is 0 Å². The molecule has 4 aromatic rings. The van der Waals surface area contributed by atoms with Crippen LogP contribution in [0.2, 0.25) is 0 Å². The first-order valence-corrected chi connectivity index (χ1v) is 11.6. The van der Waals surface area contributed by atoms with Gasteiger partial charge in [0.25, 0.3) is 10.0 Å². The summed E-state index contributed by atoms with van der Waals surface area (Å²) in [4.78, 5) is 9.11. The highest BCUT2D eigenvalue weighted by molar-refractivity contribution is 7.92. The summed E-state index contributed by atoms with van der Waals surface area (Å²) in [5.41, 5.74) is 3.17. The molecule has 0 spiro atoms. The summed E-state index contributed by atoms with van der Waals surface area (Å²) in [6, 6.07) is 3.46. The van der Waals surface area contributed by atoms with Gasteiger partial charge in [0.2, 0.25) is 0 Å². The summed E-state index contributed by atoms with van der Waals surface area (Å²) in [5.74, 6) is 1.28. The van der Waals surface area contributed by atoms with Gasteiger partial charge in [0.05, 0.1) is 43.7 Å². The average molecular weight is 472 g/mol. The minimum absolute atomic E-state index is 0.0311. The van der Waals surface area contributed by atoms with Crippen LogP contribution in [0.3, 0.4) is 0 Å². The maximum Gasteiger partial charge on any atom is 0.265 e. The average Bonchev–Trinajstić information content (AvgIpc) is 3.44. The Kier molecular flexibility index (Phi) is 5.85. The van der Waals surface area contributed by atoms with Gasteiger partial charge in [-0.05, 0) is 18.6 Å². The van der Waals surface area contributed by atoms with Crippen LogP contribution in [0.25, 0.3) is 16.9 Å². The number of aromatic nitrogens is 5. The molecule has 0 unspecified atom stereocenters. The number of nitrogens with one attached hydrogen (secondary N) is 2. The number of aryl methyl sites for hydroxylation is 2. The van der Waals surface area contributed by atoms with E-state index in [0.29, 0.717) is 22.8 Å². The minimum Gasteiger partial charge on any atom is -0.493 e. The molecule has 0 amide bonds. The Labute approximate surface area is 191 Å². The molecule has 0 atom stereocenters. The molecule has 3 heterocycles. The molecule has 4 rings (SSSR count). The summed E-state index contributed by atoms with van der Waals surface area (Å²) >= 11 is 0. The molecule has 0 aliphatic rings. The van der Waals surface area contributed by atoms with Gasteiger partial charge < -0.3 is 14.8 Å². The Morgan fingerprint density at radius 2 is 1.91 bits per heavy atom. The summed E-state index contributed by atoms with van der Waals surface area (Å²) in [6.07, 6.45) is 7.05. The third-order valence-corrected chi connectivity index (χ3v) is 6.47. The predicted octanol–water partition coefficient (Wildman–Crippen LogP) is 2.55. The molecule has 33 heavy (non-hydrogen) atoms. The molecule has 0 aliphatic heterocycles. The number of ether oxygens (including phenoxy) is 2. The van der Waals surface area contributed by atoms with Crippen LogP contribution in [0.1, 0.15) is 12.6 Å². The normalized spacial score (nSPS) is 11.5. The lowest BCUT2D eigenvalue weighted by molar-refractivity contribution is 0.356. The van der Waals surface area contributed by atoms with Gasteiger partial charge in [0.1, 0.15) is 4.90 Å². The van der Waals surface area contributed by atoms with Crippen LogP contribution in [0.5, 0.6) is 11.5 Å². The van der Waals surface area contributed by atoms with Gasteiger partial charge in [0.15, 0.2) is 23.0 Å². The molecule has 0 saturated carbocycles. The molecule has 12 heteroatoms. The van der Waals surface area contributed by atoms with Crippen molar-refractivity contribution >= 4 is 27.2 Å². The number of fused-ring (bicyclic) bond motifs is 1. The zero-order chi connectivity index (χ0) is 23.8. The zero-order valence-corrected chi connectivity index (χ0v) is 19.8. The fourth-order valence-electron chi connectivity index (χ4n) is 3.52. The number of hydrogen-bond donors (Lipinski definition) is 2. The maximum atomic E-state index is 13.0. The van der Waals surface area contributed by atoms with Crippen molar-refractivity contribution in [1.82, 2.24) is 24.1 Å². The van der Waals surface area contributed by atoms with Crippen molar-refractivity contribution in [3.63, 3.8) is 0 Å². The van der Waals surface area contributed by atoms with Crippen molar-refractivity contribution in [2.45, 2.75) is 18.2 Å². The lowest BCUT2D eigenvalue weighted by Gasteiger charge is -2.16. The van der Waals surface area contributed by atoms with Crippen LogP contribution in [-0.4, -0.2) is 53.8 Å². The van der Waals surface area contributed by atoms with E-state index in [9.17, 15) is 8.42 Å². The van der Waals surface area contributed by atoms with Crippen LogP contribution in [0.4, 0.5) is 11.5 Å². The minimum atomic E-state index is -3.91. The number of benzene rings is 1. The highest BCUT2D eigenvalue weighted by atomic mass is 32.2. The lowest BCUT2D eigenvalue weighted by atomic mass is 10.1. The van der Waals surface area contributed by atoms with Crippen LogP contribution in [-0.2, 0) is 23.5 Å². The monoisotopic (exact) mass is 471 g/mol. The summed E-state index contributed by atoms with van der Waals surface area (Å²) < 4.78 is 42.8. The molecular weight excluding hydrogens is 446 g/mol. The number of imidazole rings is 1. The highest BCUT2D eigenvalue weighted by Gasteiger charge is 2.22. The first-order chi connectivity index (χ1) is 15.8. The van der Waals surface area contributed by atoms with E-state index in [0.717, 1.165) is 17.8 Å². The van der Waals surface area contributed by atoms with Gasteiger partial charge in [-0.2, -0.15) is 5.10 Å². The molecule has 2 N–H and O–H groups in total. The smallest absolute Gasteiger partial charge is 0.265 e. The van der Waals surface area contributed by atoms with E-state index < -0.39 is 10.0 Å². The lowest BCUT2D eigenvalue weighted by Crippen LogP contribution is -2.13.